The summed E-state index contributed by atoms with van der Waals surface area (Å²) in [5.41, 5.74) is 0.887. The molecule has 0 radical (unpaired) electrons. The van der Waals surface area contributed by atoms with Crippen LogP contribution in [0.2, 0.25) is 5.15 Å². The molecule has 5 heteroatoms. The van der Waals surface area contributed by atoms with Crippen LogP contribution in [0.25, 0.3) is 0 Å². The Morgan fingerprint density at radius 1 is 1.39 bits per heavy atom. The fourth-order valence-corrected chi connectivity index (χ4v) is 3.16. The normalized spacial score (nSPS) is 17.3. The Bertz CT molecular complexity index is 448. The molecule has 0 unspecified atom stereocenters. The maximum absolute atomic E-state index is 11.3. The van der Waals surface area contributed by atoms with Gasteiger partial charge in [0.2, 0.25) is 0 Å². The zero-order valence-electron chi connectivity index (χ0n) is 10.8. The number of halogens is 1. The monoisotopic (exact) mass is 270 g/mol. The highest BCUT2D eigenvalue weighted by Gasteiger charge is 2.29. The quantitative estimate of drug-likeness (QED) is 0.907. The molecule has 1 aliphatic carbocycles. The number of carbonyl (C=O) groups is 1. The average molecular weight is 271 g/mol. The molecule has 2 rings (SSSR count). The van der Waals surface area contributed by atoms with Crippen molar-refractivity contribution in [2.45, 2.75) is 57.9 Å². The van der Waals surface area contributed by atoms with E-state index in [-0.39, 0.29) is 17.7 Å². The standard InChI is InChI=1S/C13H19ClN2O2/c1-8(2)16-12(14)10(11(15-16)13(17)18)9-6-4-3-5-7-9/h8-9H,3-7H2,1-2H3,(H,17,18). The maximum atomic E-state index is 11.3. The lowest BCUT2D eigenvalue weighted by atomic mass is 9.84. The van der Waals surface area contributed by atoms with E-state index in [0.29, 0.717) is 5.15 Å². The summed E-state index contributed by atoms with van der Waals surface area (Å²) in [4.78, 5) is 11.3. The summed E-state index contributed by atoms with van der Waals surface area (Å²) >= 11 is 6.34. The van der Waals surface area contributed by atoms with Crippen LogP contribution < -0.4 is 0 Å². The van der Waals surface area contributed by atoms with E-state index >= 15 is 0 Å². The van der Waals surface area contributed by atoms with E-state index in [1.54, 1.807) is 4.68 Å². The number of carboxylic acid groups (broad SMARTS) is 1. The summed E-state index contributed by atoms with van der Waals surface area (Å²) in [5, 5.41) is 14.0. The zero-order chi connectivity index (χ0) is 13.3. The van der Waals surface area contributed by atoms with Gasteiger partial charge in [-0.3, -0.25) is 4.68 Å². The van der Waals surface area contributed by atoms with E-state index in [4.69, 9.17) is 11.6 Å². The molecule has 0 saturated heterocycles. The molecule has 1 aliphatic rings. The summed E-state index contributed by atoms with van der Waals surface area (Å²) < 4.78 is 1.62. The second-order valence-corrected chi connectivity index (χ2v) is 5.59. The molecule has 0 atom stereocenters. The third kappa shape index (κ3) is 2.39. The van der Waals surface area contributed by atoms with Crippen LogP contribution in [0.5, 0.6) is 0 Å². The van der Waals surface area contributed by atoms with Gasteiger partial charge in [0.05, 0.1) is 0 Å². The first-order valence-electron chi connectivity index (χ1n) is 6.53. The van der Waals surface area contributed by atoms with Gasteiger partial charge in [0.15, 0.2) is 5.69 Å². The van der Waals surface area contributed by atoms with E-state index < -0.39 is 5.97 Å². The summed E-state index contributed by atoms with van der Waals surface area (Å²) in [6.45, 7) is 3.91. The summed E-state index contributed by atoms with van der Waals surface area (Å²) in [5.74, 6) is -0.721. The highest BCUT2D eigenvalue weighted by molar-refractivity contribution is 6.31. The second kappa shape index (κ2) is 5.31. The molecular weight excluding hydrogens is 252 g/mol. The molecule has 1 saturated carbocycles. The molecule has 4 nitrogen and oxygen atoms in total. The molecule has 0 amide bonds. The SMILES string of the molecule is CC(C)n1nc(C(=O)O)c(C2CCCCC2)c1Cl. The van der Waals surface area contributed by atoms with Crippen molar-refractivity contribution in [3.05, 3.63) is 16.4 Å². The van der Waals surface area contributed by atoms with Crippen molar-refractivity contribution < 1.29 is 9.90 Å². The Hall–Kier alpha value is -1.03. The smallest absolute Gasteiger partial charge is 0.356 e. The summed E-state index contributed by atoms with van der Waals surface area (Å²) in [7, 11) is 0. The van der Waals surface area contributed by atoms with Crippen LogP contribution in [0.15, 0.2) is 0 Å². The topological polar surface area (TPSA) is 55.1 Å². The van der Waals surface area contributed by atoms with Crippen LogP contribution in [0.4, 0.5) is 0 Å². The van der Waals surface area contributed by atoms with Gasteiger partial charge in [-0.1, -0.05) is 30.9 Å². The molecule has 100 valence electrons. The van der Waals surface area contributed by atoms with Crippen molar-refractivity contribution in [1.29, 1.82) is 0 Å². The van der Waals surface area contributed by atoms with Crippen LogP contribution in [0.3, 0.4) is 0 Å². The van der Waals surface area contributed by atoms with Gasteiger partial charge in [-0.05, 0) is 32.6 Å². The molecule has 0 aliphatic heterocycles. The van der Waals surface area contributed by atoms with E-state index in [0.717, 1.165) is 31.2 Å². The van der Waals surface area contributed by atoms with Gasteiger partial charge >= 0.3 is 5.97 Å². The maximum Gasteiger partial charge on any atom is 0.356 e. The van der Waals surface area contributed by atoms with Crippen molar-refractivity contribution in [1.82, 2.24) is 9.78 Å². The largest absolute Gasteiger partial charge is 0.476 e. The van der Waals surface area contributed by atoms with Crippen molar-refractivity contribution in [2.75, 3.05) is 0 Å². The highest BCUT2D eigenvalue weighted by Crippen LogP contribution is 2.39. The van der Waals surface area contributed by atoms with Gasteiger partial charge in [0, 0.05) is 11.6 Å². The lowest BCUT2D eigenvalue weighted by Gasteiger charge is -2.21. The number of rotatable bonds is 3. The van der Waals surface area contributed by atoms with Gasteiger partial charge in [-0.15, -0.1) is 0 Å². The van der Waals surface area contributed by atoms with Gasteiger partial charge < -0.3 is 5.11 Å². The van der Waals surface area contributed by atoms with Crippen molar-refractivity contribution >= 4 is 17.6 Å². The predicted octanol–water partition coefficient (Wildman–Crippen LogP) is 3.86. The number of aromatic nitrogens is 2. The first-order chi connectivity index (χ1) is 8.52. The van der Waals surface area contributed by atoms with Gasteiger partial charge in [-0.25, -0.2) is 4.79 Å². The third-order valence-corrected chi connectivity index (χ3v) is 3.97. The zero-order valence-corrected chi connectivity index (χ0v) is 11.6. The number of hydrogen-bond donors (Lipinski definition) is 1. The Kier molecular flexibility index (Phi) is 3.95. The third-order valence-electron chi connectivity index (χ3n) is 3.59. The predicted molar refractivity (Wildman–Crippen MR) is 70.4 cm³/mol. The van der Waals surface area contributed by atoms with E-state index in [2.05, 4.69) is 5.10 Å². The highest BCUT2D eigenvalue weighted by atomic mass is 35.5. The molecule has 1 fully saturated rings. The van der Waals surface area contributed by atoms with Crippen molar-refractivity contribution in [3.63, 3.8) is 0 Å². The molecule has 1 aromatic heterocycles. The number of aromatic carboxylic acids is 1. The van der Waals surface area contributed by atoms with Crippen molar-refractivity contribution in [3.8, 4) is 0 Å². The van der Waals surface area contributed by atoms with Crippen LogP contribution >= 0.6 is 11.6 Å². The first kappa shape index (κ1) is 13.4. The number of carboxylic acids is 1. The summed E-state index contributed by atoms with van der Waals surface area (Å²) in [6, 6.07) is 0.0768. The minimum atomic E-state index is -0.975. The Morgan fingerprint density at radius 3 is 2.50 bits per heavy atom. The Balaban J connectivity index is 2.45. The van der Waals surface area contributed by atoms with Gasteiger partial charge in [0.1, 0.15) is 5.15 Å². The molecule has 0 aromatic carbocycles. The van der Waals surface area contributed by atoms with Crippen LogP contribution in [0, 0.1) is 0 Å². The molecule has 1 aromatic rings. The van der Waals surface area contributed by atoms with E-state index in [1.807, 2.05) is 13.8 Å². The van der Waals surface area contributed by atoms with E-state index in [9.17, 15) is 9.90 Å². The Morgan fingerprint density at radius 2 is 2.00 bits per heavy atom. The van der Waals surface area contributed by atoms with Crippen molar-refractivity contribution in [2.24, 2.45) is 0 Å². The van der Waals surface area contributed by atoms with Gasteiger partial charge in [0.25, 0.3) is 0 Å². The lowest BCUT2D eigenvalue weighted by Crippen LogP contribution is -2.09. The minimum Gasteiger partial charge on any atom is -0.476 e. The summed E-state index contributed by atoms with van der Waals surface area (Å²) in [6.07, 6.45) is 5.56. The Labute approximate surface area is 112 Å². The molecule has 0 bridgehead atoms. The lowest BCUT2D eigenvalue weighted by molar-refractivity contribution is 0.0687. The fraction of sp³-hybridized carbons (Fsp3) is 0.692. The molecule has 18 heavy (non-hydrogen) atoms. The average Bonchev–Trinajstić information content (AvgIpc) is 2.68. The van der Waals surface area contributed by atoms with Gasteiger partial charge in [-0.2, -0.15) is 5.10 Å². The number of nitrogens with zero attached hydrogens (tertiary/aromatic N) is 2. The minimum absolute atomic E-state index is 0.0768. The molecule has 1 N–H and O–H groups in total. The molecule has 0 spiro atoms. The fourth-order valence-electron chi connectivity index (χ4n) is 2.68. The van der Waals surface area contributed by atoms with Crippen LogP contribution in [-0.2, 0) is 0 Å². The van der Waals surface area contributed by atoms with Crippen LogP contribution in [0.1, 0.15) is 74.0 Å². The molecule has 1 heterocycles. The molecular formula is C13H19ClN2O2. The van der Waals surface area contributed by atoms with E-state index in [1.165, 1.54) is 6.42 Å². The second-order valence-electron chi connectivity index (χ2n) is 5.23. The first-order valence-corrected chi connectivity index (χ1v) is 6.91. The number of hydrogen-bond acceptors (Lipinski definition) is 2. The van der Waals surface area contributed by atoms with Crippen LogP contribution in [-0.4, -0.2) is 20.9 Å².